The number of likely N-dealkylation sites (tertiary alicyclic amines) is 1. The standard InChI is InChI=1S/C13H18F3NO5/c1-12(2,3)22-11(20)17-8(13(14,15)16)6-5-7(9(17)18)10(19)21-4/h7-8H,5-6H2,1-4H3. The molecule has 2 unspecified atom stereocenters. The molecule has 1 rings (SSSR count). The van der Waals surface area contributed by atoms with Crippen molar-refractivity contribution in [2.24, 2.45) is 5.92 Å². The number of nitrogens with zero attached hydrogens (tertiary/aromatic N) is 1. The molecule has 22 heavy (non-hydrogen) atoms. The van der Waals surface area contributed by atoms with Gasteiger partial charge in [0.1, 0.15) is 17.6 Å². The van der Waals surface area contributed by atoms with Gasteiger partial charge in [0.05, 0.1) is 7.11 Å². The zero-order valence-corrected chi connectivity index (χ0v) is 12.7. The van der Waals surface area contributed by atoms with Gasteiger partial charge in [-0.3, -0.25) is 9.59 Å². The predicted octanol–water partition coefficient (Wildman–Crippen LogP) is 2.26. The number of rotatable bonds is 1. The first-order valence-corrected chi connectivity index (χ1v) is 6.59. The minimum Gasteiger partial charge on any atom is -0.468 e. The van der Waals surface area contributed by atoms with E-state index < -0.39 is 48.1 Å². The first-order valence-electron chi connectivity index (χ1n) is 6.59. The summed E-state index contributed by atoms with van der Waals surface area (Å²) in [6.07, 6.45) is -7.13. The van der Waals surface area contributed by atoms with E-state index in [9.17, 15) is 27.6 Å². The van der Waals surface area contributed by atoms with E-state index in [2.05, 4.69) is 4.74 Å². The number of methoxy groups -OCH3 is 1. The smallest absolute Gasteiger partial charge is 0.417 e. The number of alkyl halides is 3. The molecule has 1 aliphatic heterocycles. The monoisotopic (exact) mass is 325 g/mol. The number of carbonyl (C=O) groups is 3. The third-order valence-electron chi connectivity index (χ3n) is 3.03. The zero-order chi connectivity index (χ0) is 17.3. The maximum Gasteiger partial charge on any atom is 0.417 e. The molecule has 1 heterocycles. The van der Waals surface area contributed by atoms with Gasteiger partial charge < -0.3 is 9.47 Å². The van der Waals surface area contributed by atoms with Crippen LogP contribution in [0.5, 0.6) is 0 Å². The Morgan fingerprint density at radius 1 is 1.18 bits per heavy atom. The highest BCUT2D eigenvalue weighted by Crippen LogP contribution is 2.35. The number of ether oxygens (including phenoxy) is 2. The molecule has 0 aromatic rings. The lowest BCUT2D eigenvalue weighted by atomic mass is 9.92. The fourth-order valence-electron chi connectivity index (χ4n) is 2.10. The normalized spacial score (nSPS) is 23.2. The Morgan fingerprint density at radius 2 is 1.73 bits per heavy atom. The van der Waals surface area contributed by atoms with Gasteiger partial charge in [-0.05, 0) is 33.6 Å². The Hall–Kier alpha value is -1.80. The van der Waals surface area contributed by atoms with Crippen LogP contribution in [0.3, 0.4) is 0 Å². The van der Waals surface area contributed by atoms with Crippen LogP contribution < -0.4 is 0 Å². The average Bonchev–Trinajstić information content (AvgIpc) is 2.33. The molecule has 0 aromatic heterocycles. The fraction of sp³-hybridized carbons (Fsp3) is 0.769. The van der Waals surface area contributed by atoms with Crippen LogP contribution in [0.4, 0.5) is 18.0 Å². The van der Waals surface area contributed by atoms with Crippen LogP contribution in [0.1, 0.15) is 33.6 Å². The zero-order valence-electron chi connectivity index (χ0n) is 12.7. The van der Waals surface area contributed by atoms with Crippen molar-refractivity contribution in [3.8, 4) is 0 Å². The predicted molar refractivity (Wildman–Crippen MR) is 67.7 cm³/mol. The minimum absolute atomic E-state index is 0.0175. The van der Waals surface area contributed by atoms with Crippen LogP contribution in [0.15, 0.2) is 0 Å². The van der Waals surface area contributed by atoms with E-state index in [0.29, 0.717) is 0 Å². The molecular weight excluding hydrogens is 307 g/mol. The first kappa shape index (κ1) is 18.2. The van der Waals surface area contributed by atoms with Gasteiger partial charge in [0.2, 0.25) is 5.91 Å². The molecule has 1 saturated heterocycles. The summed E-state index contributed by atoms with van der Waals surface area (Å²) >= 11 is 0. The number of carbonyl (C=O) groups excluding carboxylic acids is 3. The number of hydrogen-bond acceptors (Lipinski definition) is 5. The fourth-order valence-corrected chi connectivity index (χ4v) is 2.10. The molecule has 0 aliphatic carbocycles. The molecule has 0 aromatic carbocycles. The van der Waals surface area contributed by atoms with Crippen LogP contribution in [-0.4, -0.2) is 47.8 Å². The highest BCUT2D eigenvalue weighted by molar-refractivity contribution is 6.04. The number of piperidine rings is 1. The largest absolute Gasteiger partial charge is 0.468 e. The van der Waals surface area contributed by atoms with Crippen molar-refractivity contribution in [2.75, 3.05) is 7.11 Å². The van der Waals surface area contributed by atoms with Crippen molar-refractivity contribution in [3.05, 3.63) is 0 Å². The molecule has 126 valence electrons. The summed E-state index contributed by atoms with van der Waals surface area (Å²) in [4.78, 5) is 35.6. The Balaban J connectivity index is 3.12. The second-order valence-electron chi connectivity index (χ2n) is 5.90. The number of hydrogen-bond donors (Lipinski definition) is 0. The molecule has 0 bridgehead atoms. The number of imide groups is 1. The van der Waals surface area contributed by atoms with Crippen molar-refractivity contribution in [2.45, 2.75) is 51.4 Å². The van der Waals surface area contributed by atoms with Gasteiger partial charge in [-0.15, -0.1) is 0 Å². The molecule has 1 fully saturated rings. The van der Waals surface area contributed by atoms with Crippen molar-refractivity contribution in [1.29, 1.82) is 0 Å². The van der Waals surface area contributed by atoms with Gasteiger partial charge >= 0.3 is 18.2 Å². The molecule has 6 nitrogen and oxygen atoms in total. The highest BCUT2D eigenvalue weighted by atomic mass is 19.4. The van der Waals surface area contributed by atoms with E-state index in [-0.39, 0.29) is 11.3 Å². The van der Waals surface area contributed by atoms with Crippen LogP contribution >= 0.6 is 0 Å². The van der Waals surface area contributed by atoms with Crippen LogP contribution in [0.25, 0.3) is 0 Å². The second-order valence-corrected chi connectivity index (χ2v) is 5.90. The molecule has 2 amide bonds. The van der Waals surface area contributed by atoms with Gasteiger partial charge in [-0.25, -0.2) is 9.69 Å². The second kappa shape index (κ2) is 6.13. The van der Waals surface area contributed by atoms with Crippen LogP contribution in [0, 0.1) is 5.92 Å². The van der Waals surface area contributed by atoms with Crippen LogP contribution in [0.2, 0.25) is 0 Å². The van der Waals surface area contributed by atoms with Gasteiger partial charge in [-0.2, -0.15) is 13.2 Å². The Kier molecular flexibility index (Phi) is 5.09. The van der Waals surface area contributed by atoms with E-state index >= 15 is 0 Å². The average molecular weight is 325 g/mol. The van der Waals surface area contributed by atoms with Crippen molar-refractivity contribution < 1.29 is 37.0 Å². The number of amides is 2. The molecule has 1 aliphatic rings. The summed E-state index contributed by atoms with van der Waals surface area (Å²) in [5.74, 6) is -3.66. The van der Waals surface area contributed by atoms with Gasteiger partial charge in [-0.1, -0.05) is 0 Å². The quantitative estimate of drug-likeness (QED) is 0.546. The first-order chi connectivity index (χ1) is 9.88. The summed E-state index contributed by atoms with van der Waals surface area (Å²) in [5.41, 5.74) is -1.08. The summed E-state index contributed by atoms with van der Waals surface area (Å²) in [6, 6.07) is -2.31. The maximum absolute atomic E-state index is 13.1. The van der Waals surface area contributed by atoms with Crippen LogP contribution in [-0.2, 0) is 19.1 Å². The van der Waals surface area contributed by atoms with Gasteiger partial charge in [0.15, 0.2) is 0 Å². The highest BCUT2D eigenvalue weighted by Gasteiger charge is 2.54. The van der Waals surface area contributed by atoms with Gasteiger partial charge in [0, 0.05) is 0 Å². The summed E-state index contributed by atoms with van der Waals surface area (Å²) in [7, 11) is 1.02. The minimum atomic E-state index is -4.80. The molecule has 9 heteroatoms. The molecule has 0 saturated carbocycles. The van der Waals surface area contributed by atoms with E-state index in [1.165, 1.54) is 20.8 Å². The Labute approximate surface area is 125 Å². The maximum atomic E-state index is 13.1. The van der Waals surface area contributed by atoms with E-state index in [1.807, 2.05) is 0 Å². The lowest BCUT2D eigenvalue weighted by molar-refractivity contribution is -0.198. The SMILES string of the molecule is COC(=O)C1CCC(C(F)(F)F)N(C(=O)OC(C)(C)C)C1=O. The summed E-state index contributed by atoms with van der Waals surface area (Å²) in [6.45, 7) is 4.37. The third-order valence-corrected chi connectivity index (χ3v) is 3.03. The van der Waals surface area contributed by atoms with Crippen molar-refractivity contribution >= 4 is 18.0 Å². The molecular formula is C13H18F3NO5. The van der Waals surface area contributed by atoms with Crippen molar-refractivity contribution in [3.63, 3.8) is 0 Å². The summed E-state index contributed by atoms with van der Waals surface area (Å²) in [5, 5.41) is 0. The number of halogens is 3. The molecule has 0 spiro atoms. The lowest BCUT2D eigenvalue weighted by Gasteiger charge is -2.38. The Morgan fingerprint density at radius 3 is 2.14 bits per heavy atom. The molecule has 0 radical (unpaired) electrons. The lowest BCUT2D eigenvalue weighted by Crippen LogP contribution is -2.58. The molecule has 0 N–H and O–H groups in total. The van der Waals surface area contributed by atoms with E-state index in [0.717, 1.165) is 7.11 Å². The van der Waals surface area contributed by atoms with E-state index in [4.69, 9.17) is 4.74 Å². The van der Waals surface area contributed by atoms with Crippen molar-refractivity contribution in [1.82, 2.24) is 4.90 Å². The Bertz CT molecular complexity index is 469. The van der Waals surface area contributed by atoms with E-state index in [1.54, 1.807) is 0 Å². The number of esters is 1. The third kappa shape index (κ3) is 4.11. The summed E-state index contributed by atoms with van der Waals surface area (Å²) < 4.78 is 48.4. The topological polar surface area (TPSA) is 72.9 Å². The van der Waals surface area contributed by atoms with Gasteiger partial charge in [0.25, 0.3) is 0 Å². The molecule has 2 atom stereocenters.